The second-order valence-electron chi connectivity index (χ2n) is 0.815. The van der Waals surface area contributed by atoms with Crippen molar-refractivity contribution in [1.29, 1.82) is 0 Å². The monoisotopic (exact) mass is 145 g/mol. The molecular weight excluding hydrogens is 140 g/mol. The van der Waals surface area contributed by atoms with Crippen molar-refractivity contribution in [3.63, 3.8) is 0 Å². The molecule has 4 heteroatoms. The Morgan fingerprint density at radius 2 is 2.00 bits per heavy atom. The van der Waals surface area contributed by atoms with E-state index in [0.717, 1.165) is 6.16 Å². The summed E-state index contributed by atoms with van der Waals surface area (Å²) in [4.78, 5) is 0. The second kappa shape index (κ2) is 4.14. The average Bonchev–Trinajstić information content (AvgIpc) is 1.35. The molecule has 0 aliphatic carbocycles. The van der Waals surface area contributed by atoms with Crippen LogP contribution in [0.15, 0.2) is 0 Å². The van der Waals surface area contributed by atoms with Crippen molar-refractivity contribution in [2.45, 2.75) is 0 Å². The van der Waals surface area contributed by atoms with Gasteiger partial charge in [-0.2, -0.15) is 0 Å². The third-order valence-electron chi connectivity index (χ3n) is 0.298. The molecular formula is C2H6Cl2NP. The van der Waals surface area contributed by atoms with E-state index >= 15 is 0 Å². The quantitative estimate of drug-likeness (QED) is 0.589. The van der Waals surface area contributed by atoms with Gasteiger partial charge in [0.25, 0.3) is 0 Å². The number of halogens is 2. The zero-order valence-electron chi connectivity index (χ0n) is 3.19. The Morgan fingerprint density at radius 1 is 1.50 bits per heavy atom. The van der Waals surface area contributed by atoms with Crippen LogP contribution in [0.1, 0.15) is 0 Å². The van der Waals surface area contributed by atoms with Gasteiger partial charge in [0.15, 0.2) is 0 Å². The maximum absolute atomic E-state index is 5.33. The van der Waals surface area contributed by atoms with Crippen LogP contribution < -0.4 is 5.73 Å². The van der Waals surface area contributed by atoms with Gasteiger partial charge in [0, 0.05) is 6.16 Å². The first-order valence-electron chi connectivity index (χ1n) is 1.56. The van der Waals surface area contributed by atoms with Gasteiger partial charge in [0.05, 0.1) is 6.63 Å². The Balaban J connectivity index is 2.63. The van der Waals surface area contributed by atoms with Crippen LogP contribution in [-0.4, -0.2) is 12.7 Å². The lowest BCUT2D eigenvalue weighted by molar-refractivity contribution is 1.15. The van der Waals surface area contributed by atoms with Gasteiger partial charge in [-0.25, -0.2) is 0 Å². The Morgan fingerprint density at radius 3 is 2.00 bits per heavy atom. The largest absolute Gasteiger partial charge is 0.330 e. The van der Waals surface area contributed by atoms with Crippen LogP contribution in [0.2, 0.25) is 0 Å². The van der Waals surface area contributed by atoms with Gasteiger partial charge in [0.2, 0.25) is 0 Å². The fourth-order valence-electron chi connectivity index (χ4n) is 0.0976. The third-order valence-corrected chi connectivity index (χ3v) is 1.91. The summed E-state index contributed by atoms with van der Waals surface area (Å²) >= 11 is 10.7. The Kier molecular flexibility index (Phi) is 4.81. The van der Waals surface area contributed by atoms with Crippen LogP contribution in [0.4, 0.5) is 0 Å². The molecule has 6 heavy (non-hydrogen) atoms. The van der Waals surface area contributed by atoms with Crippen LogP contribution >= 0.6 is 29.1 Å². The van der Waals surface area contributed by atoms with Crippen LogP contribution in [0.3, 0.4) is 0 Å². The molecule has 0 aromatic rings. The van der Waals surface area contributed by atoms with Crippen molar-refractivity contribution in [3.05, 3.63) is 0 Å². The van der Waals surface area contributed by atoms with E-state index < -0.39 is 6.63 Å². The van der Waals surface area contributed by atoms with Crippen LogP contribution in [0.25, 0.3) is 0 Å². The first-order valence-corrected chi connectivity index (χ1v) is 4.90. The summed E-state index contributed by atoms with van der Waals surface area (Å²) < 4.78 is 0. The first-order chi connectivity index (χ1) is 2.77. The molecule has 0 aliphatic heterocycles. The van der Waals surface area contributed by atoms with E-state index in [1.165, 1.54) is 0 Å². The van der Waals surface area contributed by atoms with E-state index in [1.54, 1.807) is 0 Å². The van der Waals surface area contributed by atoms with E-state index in [2.05, 4.69) is 0 Å². The predicted molar refractivity (Wildman–Crippen MR) is 32.5 cm³/mol. The second-order valence-corrected chi connectivity index (χ2v) is 4.84. The molecule has 2 N–H and O–H groups in total. The highest BCUT2D eigenvalue weighted by atomic mass is 35.9. The number of rotatable bonds is 2. The standard InChI is InChI=1S/C2H6Cl2NP/c3-6(4)2-1-5/h1-2,5H2. The molecule has 0 aromatic heterocycles. The first kappa shape index (κ1) is 6.97. The summed E-state index contributed by atoms with van der Waals surface area (Å²) in [5.41, 5.74) is 5.08. The fourth-order valence-corrected chi connectivity index (χ4v) is 0.878. The Labute approximate surface area is 48.1 Å². The fraction of sp³-hybridized carbons (Fsp3) is 1.00. The lowest BCUT2D eigenvalue weighted by Crippen LogP contribution is -1.99. The Hall–Kier alpha value is 0.970. The zero-order valence-corrected chi connectivity index (χ0v) is 5.60. The SMILES string of the molecule is NCCP(Cl)Cl. The van der Waals surface area contributed by atoms with Gasteiger partial charge >= 0.3 is 0 Å². The minimum Gasteiger partial charge on any atom is -0.330 e. The molecule has 1 nitrogen and oxygen atoms in total. The van der Waals surface area contributed by atoms with Crippen molar-refractivity contribution >= 4 is 29.1 Å². The molecule has 0 aliphatic rings. The molecule has 0 saturated heterocycles. The van der Waals surface area contributed by atoms with Gasteiger partial charge in [-0.15, -0.1) is 0 Å². The summed E-state index contributed by atoms with van der Waals surface area (Å²) in [6, 6.07) is 0. The molecule has 0 amide bonds. The molecule has 0 bridgehead atoms. The summed E-state index contributed by atoms with van der Waals surface area (Å²) in [5, 5.41) is 0. The van der Waals surface area contributed by atoms with Crippen LogP contribution in [-0.2, 0) is 0 Å². The number of nitrogens with two attached hydrogens (primary N) is 1. The van der Waals surface area contributed by atoms with Crippen LogP contribution in [0.5, 0.6) is 0 Å². The van der Waals surface area contributed by atoms with Gasteiger partial charge in [0.1, 0.15) is 0 Å². The molecule has 0 saturated carbocycles. The molecule has 38 valence electrons. The Bertz CT molecular complexity index is 32.7. The van der Waals surface area contributed by atoms with Gasteiger partial charge in [-0.3, -0.25) is 0 Å². The van der Waals surface area contributed by atoms with Crippen LogP contribution in [0, 0.1) is 0 Å². The minimum absolute atomic E-state index is 0.596. The maximum atomic E-state index is 5.33. The summed E-state index contributed by atoms with van der Waals surface area (Å²) in [6.45, 7) is -0.185. The number of hydrogen-bond acceptors (Lipinski definition) is 1. The van der Waals surface area contributed by atoms with Crippen molar-refractivity contribution in [3.8, 4) is 0 Å². The van der Waals surface area contributed by atoms with Crippen molar-refractivity contribution in [2.75, 3.05) is 12.7 Å². The summed E-state index contributed by atoms with van der Waals surface area (Å²) in [5.74, 6) is 0. The lowest BCUT2D eigenvalue weighted by Gasteiger charge is -1.90. The van der Waals surface area contributed by atoms with E-state index in [1.807, 2.05) is 0 Å². The van der Waals surface area contributed by atoms with Gasteiger partial charge in [-0.05, 0) is 6.54 Å². The highest BCUT2D eigenvalue weighted by Gasteiger charge is 1.91. The molecule has 0 fully saturated rings. The van der Waals surface area contributed by atoms with Crippen molar-refractivity contribution in [1.82, 2.24) is 0 Å². The van der Waals surface area contributed by atoms with E-state index in [9.17, 15) is 0 Å². The van der Waals surface area contributed by atoms with Crippen molar-refractivity contribution in [2.24, 2.45) is 5.73 Å². The molecule has 0 unspecified atom stereocenters. The molecule has 0 spiro atoms. The van der Waals surface area contributed by atoms with E-state index in [-0.39, 0.29) is 0 Å². The summed E-state index contributed by atoms with van der Waals surface area (Å²) in [7, 11) is 0. The van der Waals surface area contributed by atoms with Crippen molar-refractivity contribution < 1.29 is 0 Å². The minimum atomic E-state index is -0.781. The highest BCUT2D eigenvalue weighted by molar-refractivity contribution is 8.03. The summed E-state index contributed by atoms with van der Waals surface area (Å²) in [6.07, 6.45) is 0.748. The smallest absolute Gasteiger partial charge is 0.0867 e. The van der Waals surface area contributed by atoms with Gasteiger partial charge in [-0.1, -0.05) is 22.5 Å². The third kappa shape index (κ3) is 4.97. The average molecular weight is 146 g/mol. The van der Waals surface area contributed by atoms with E-state index in [0.29, 0.717) is 6.54 Å². The topological polar surface area (TPSA) is 26.0 Å². The molecule has 0 rings (SSSR count). The zero-order chi connectivity index (χ0) is 4.99. The predicted octanol–water partition coefficient (Wildman–Crippen LogP) is 1.73. The lowest BCUT2D eigenvalue weighted by atomic mass is 10.8. The highest BCUT2D eigenvalue weighted by Crippen LogP contribution is 2.45. The number of hydrogen-bond donors (Lipinski definition) is 1. The molecule has 0 aromatic carbocycles. The normalized spacial score (nSPS) is 10.0. The maximum Gasteiger partial charge on any atom is 0.0867 e. The molecule has 0 heterocycles. The molecule has 0 atom stereocenters. The van der Waals surface area contributed by atoms with E-state index in [4.69, 9.17) is 28.2 Å². The molecule has 0 radical (unpaired) electrons. The van der Waals surface area contributed by atoms with Gasteiger partial charge < -0.3 is 5.73 Å².